The molecule has 0 aromatic heterocycles. The molecule has 1 aliphatic rings. The van der Waals surface area contributed by atoms with Crippen LogP contribution in [0.5, 0.6) is 0 Å². The Balaban J connectivity index is 1.75. The van der Waals surface area contributed by atoms with Crippen LogP contribution in [0, 0.1) is 0 Å². The number of benzene rings is 2. The van der Waals surface area contributed by atoms with Gasteiger partial charge in [-0.2, -0.15) is 0 Å². The summed E-state index contributed by atoms with van der Waals surface area (Å²) in [5, 5.41) is 0. The molecule has 0 spiro atoms. The van der Waals surface area contributed by atoms with Crippen molar-refractivity contribution in [2.24, 2.45) is 0 Å². The van der Waals surface area contributed by atoms with Crippen LogP contribution < -0.4 is 0 Å². The number of hydrogen-bond acceptors (Lipinski definition) is 2. The van der Waals surface area contributed by atoms with Crippen molar-refractivity contribution >= 4 is 11.8 Å². The zero-order valence-electron chi connectivity index (χ0n) is 20.4. The third-order valence-corrected chi connectivity index (χ3v) is 6.56. The Morgan fingerprint density at radius 3 is 2.38 bits per heavy atom. The maximum atomic E-state index is 13.4. The fourth-order valence-electron chi connectivity index (χ4n) is 4.47. The number of rotatable bonds is 7. The van der Waals surface area contributed by atoms with Gasteiger partial charge in [-0.05, 0) is 54.0 Å². The van der Waals surface area contributed by atoms with Gasteiger partial charge in [0.15, 0.2) is 0 Å². The second kappa shape index (κ2) is 10.3. The lowest BCUT2D eigenvalue weighted by molar-refractivity contribution is -0.134. The minimum Gasteiger partial charge on any atom is -0.334 e. The second-order valence-corrected chi connectivity index (χ2v) is 9.97. The number of nitrogens with zero attached hydrogens (tertiary/aromatic N) is 2. The summed E-state index contributed by atoms with van der Waals surface area (Å²) in [5.41, 5.74) is 4.43. The van der Waals surface area contributed by atoms with Crippen LogP contribution >= 0.6 is 0 Å². The molecule has 172 valence electrons. The van der Waals surface area contributed by atoms with Crippen LogP contribution in [0.2, 0.25) is 0 Å². The van der Waals surface area contributed by atoms with Gasteiger partial charge in [0, 0.05) is 18.7 Å². The number of carbonyl (C=O) groups is 2. The van der Waals surface area contributed by atoms with Crippen molar-refractivity contribution in [1.29, 1.82) is 0 Å². The van der Waals surface area contributed by atoms with Gasteiger partial charge in [0.25, 0.3) is 5.91 Å². The molecule has 0 fully saturated rings. The van der Waals surface area contributed by atoms with Crippen molar-refractivity contribution in [2.45, 2.75) is 71.8 Å². The maximum Gasteiger partial charge on any atom is 0.254 e. The average Bonchev–Trinajstić information content (AvgIpc) is 2.78. The van der Waals surface area contributed by atoms with Gasteiger partial charge >= 0.3 is 0 Å². The molecule has 3 rings (SSSR count). The van der Waals surface area contributed by atoms with E-state index in [1.807, 2.05) is 35.2 Å². The van der Waals surface area contributed by atoms with Gasteiger partial charge in [0.05, 0.1) is 6.04 Å². The van der Waals surface area contributed by atoms with Crippen molar-refractivity contribution in [1.82, 2.24) is 9.80 Å². The molecule has 4 heteroatoms. The summed E-state index contributed by atoms with van der Waals surface area (Å²) in [7, 11) is 0. The van der Waals surface area contributed by atoms with Crippen LogP contribution in [0.15, 0.2) is 48.5 Å². The SMILES string of the molecule is CCCCCN(CC(=O)N1CCc2ccccc2C1C)C(=O)c1ccc(C(C)(C)C)cc1. The zero-order chi connectivity index (χ0) is 23.3. The smallest absolute Gasteiger partial charge is 0.254 e. The van der Waals surface area contributed by atoms with E-state index in [4.69, 9.17) is 0 Å². The van der Waals surface area contributed by atoms with E-state index in [2.05, 4.69) is 52.8 Å². The van der Waals surface area contributed by atoms with Crippen LogP contribution in [0.25, 0.3) is 0 Å². The van der Waals surface area contributed by atoms with Gasteiger partial charge in [-0.15, -0.1) is 0 Å². The molecule has 0 saturated carbocycles. The monoisotopic (exact) mass is 434 g/mol. The highest BCUT2D eigenvalue weighted by atomic mass is 16.2. The molecule has 0 radical (unpaired) electrons. The molecule has 2 aromatic rings. The highest BCUT2D eigenvalue weighted by Crippen LogP contribution is 2.29. The number of amides is 2. The highest BCUT2D eigenvalue weighted by Gasteiger charge is 2.29. The largest absolute Gasteiger partial charge is 0.334 e. The minimum absolute atomic E-state index is 0.0307. The molecule has 32 heavy (non-hydrogen) atoms. The quantitative estimate of drug-likeness (QED) is 0.520. The highest BCUT2D eigenvalue weighted by molar-refractivity contribution is 5.96. The molecule has 4 nitrogen and oxygen atoms in total. The lowest BCUT2D eigenvalue weighted by Crippen LogP contribution is -2.46. The van der Waals surface area contributed by atoms with Gasteiger partial charge in [-0.25, -0.2) is 0 Å². The Morgan fingerprint density at radius 1 is 1.03 bits per heavy atom. The van der Waals surface area contributed by atoms with Crippen LogP contribution in [-0.2, 0) is 16.6 Å². The molecule has 0 bridgehead atoms. The van der Waals surface area contributed by atoms with Crippen LogP contribution in [-0.4, -0.2) is 41.2 Å². The molecule has 1 unspecified atom stereocenters. The van der Waals surface area contributed by atoms with Crippen LogP contribution in [0.1, 0.15) is 87.0 Å². The van der Waals surface area contributed by atoms with E-state index in [1.165, 1.54) is 16.7 Å². The van der Waals surface area contributed by atoms with E-state index in [0.717, 1.165) is 25.7 Å². The van der Waals surface area contributed by atoms with E-state index in [1.54, 1.807) is 4.90 Å². The Kier molecular flexibility index (Phi) is 7.76. The van der Waals surface area contributed by atoms with Gasteiger partial charge < -0.3 is 9.80 Å². The Morgan fingerprint density at radius 2 is 1.72 bits per heavy atom. The predicted octanol–water partition coefficient (Wildman–Crippen LogP) is 5.76. The lowest BCUT2D eigenvalue weighted by Gasteiger charge is -2.36. The second-order valence-electron chi connectivity index (χ2n) is 9.97. The standard InChI is InChI=1S/C28H38N2O2/c1-6-7-10-18-29(27(32)23-13-15-24(16-14-23)28(3,4)5)20-26(31)30-19-17-22-11-8-9-12-25(22)21(30)2/h8-9,11-16,21H,6-7,10,17-20H2,1-5H3. The molecule has 0 saturated heterocycles. The first kappa shape index (κ1) is 24.0. The molecule has 0 aliphatic carbocycles. The number of unbranched alkanes of at least 4 members (excludes halogenated alkanes) is 2. The maximum absolute atomic E-state index is 13.4. The molecule has 2 aromatic carbocycles. The van der Waals surface area contributed by atoms with Crippen molar-refractivity contribution in [3.05, 3.63) is 70.8 Å². The van der Waals surface area contributed by atoms with Crippen molar-refractivity contribution in [3.63, 3.8) is 0 Å². The van der Waals surface area contributed by atoms with Crippen molar-refractivity contribution < 1.29 is 9.59 Å². The summed E-state index contributed by atoms with van der Waals surface area (Å²) in [6.07, 6.45) is 3.91. The third kappa shape index (κ3) is 5.59. The summed E-state index contributed by atoms with van der Waals surface area (Å²) in [6.45, 7) is 12.2. The molecule has 1 heterocycles. The zero-order valence-corrected chi connectivity index (χ0v) is 20.4. The molecular weight excluding hydrogens is 396 g/mol. The molecular formula is C28H38N2O2. The fraction of sp³-hybridized carbons (Fsp3) is 0.500. The summed E-state index contributed by atoms with van der Waals surface area (Å²) in [5.74, 6) is -0.0249. The van der Waals surface area contributed by atoms with E-state index in [-0.39, 0.29) is 29.8 Å². The topological polar surface area (TPSA) is 40.6 Å². The molecule has 1 atom stereocenters. The van der Waals surface area contributed by atoms with E-state index in [9.17, 15) is 9.59 Å². The number of fused-ring (bicyclic) bond motifs is 1. The van der Waals surface area contributed by atoms with Gasteiger partial charge in [-0.3, -0.25) is 9.59 Å². The first-order valence-corrected chi connectivity index (χ1v) is 12.0. The normalized spacial score (nSPS) is 15.9. The summed E-state index contributed by atoms with van der Waals surface area (Å²) in [4.78, 5) is 30.4. The number of hydrogen-bond donors (Lipinski definition) is 0. The summed E-state index contributed by atoms with van der Waals surface area (Å²) >= 11 is 0. The predicted molar refractivity (Wildman–Crippen MR) is 131 cm³/mol. The molecule has 1 aliphatic heterocycles. The van der Waals surface area contributed by atoms with Gasteiger partial charge in [0.1, 0.15) is 6.54 Å². The van der Waals surface area contributed by atoms with Gasteiger partial charge in [-0.1, -0.05) is 76.9 Å². The van der Waals surface area contributed by atoms with Crippen molar-refractivity contribution in [2.75, 3.05) is 19.6 Å². The van der Waals surface area contributed by atoms with E-state index >= 15 is 0 Å². The first-order valence-electron chi connectivity index (χ1n) is 12.0. The van der Waals surface area contributed by atoms with E-state index < -0.39 is 0 Å². The van der Waals surface area contributed by atoms with Crippen LogP contribution in [0.3, 0.4) is 0 Å². The fourth-order valence-corrected chi connectivity index (χ4v) is 4.47. The Labute approximate surface area is 193 Å². The first-order chi connectivity index (χ1) is 15.2. The van der Waals surface area contributed by atoms with E-state index in [0.29, 0.717) is 18.7 Å². The molecule has 2 amide bonds. The summed E-state index contributed by atoms with van der Waals surface area (Å²) < 4.78 is 0. The third-order valence-electron chi connectivity index (χ3n) is 6.56. The molecule has 0 N–H and O–H groups in total. The number of carbonyl (C=O) groups excluding carboxylic acids is 2. The van der Waals surface area contributed by atoms with Gasteiger partial charge in [0.2, 0.25) is 5.91 Å². The Bertz CT molecular complexity index is 927. The average molecular weight is 435 g/mol. The van der Waals surface area contributed by atoms with Crippen molar-refractivity contribution in [3.8, 4) is 0 Å². The summed E-state index contributed by atoms with van der Waals surface area (Å²) in [6, 6.07) is 16.3. The lowest BCUT2D eigenvalue weighted by atomic mass is 9.86. The minimum atomic E-state index is -0.0556. The Hall–Kier alpha value is -2.62. The van der Waals surface area contributed by atoms with Crippen LogP contribution in [0.4, 0.5) is 0 Å².